The fourth-order valence-electron chi connectivity index (χ4n) is 5.47. The average Bonchev–Trinajstić information content (AvgIpc) is 3.55. The Hall–Kier alpha value is -2.95. The number of nitrogens with zero attached hydrogens (tertiary/aromatic N) is 2. The Morgan fingerprint density at radius 3 is 2.37 bits per heavy atom. The number of anilines is 1. The largest absolute Gasteiger partial charge is 0.462 e. The molecular formula is C28H34N4O4S2. The molecule has 0 bridgehead atoms. The molecule has 1 aliphatic heterocycles. The van der Waals surface area contributed by atoms with Gasteiger partial charge in [-0.1, -0.05) is 6.92 Å². The number of carbonyl (C=O) groups excluding carboxylic acids is 3. The summed E-state index contributed by atoms with van der Waals surface area (Å²) in [7, 11) is 0. The second kappa shape index (κ2) is 11.0. The number of hydrogen-bond acceptors (Lipinski definition) is 7. The maximum absolute atomic E-state index is 13.7. The number of urea groups is 1. The van der Waals surface area contributed by atoms with Gasteiger partial charge in [-0.25, -0.2) is 9.59 Å². The summed E-state index contributed by atoms with van der Waals surface area (Å²) in [6.45, 7) is 10.8. The summed E-state index contributed by atoms with van der Waals surface area (Å²) in [5.41, 5.74) is 5.06. The fourth-order valence-corrected chi connectivity index (χ4v) is 8.24. The minimum absolute atomic E-state index is 0.257. The highest BCUT2D eigenvalue weighted by molar-refractivity contribution is 7.17. The highest BCUT2D eigenvalue weighted by Gasteiger charge is 2.31. The number of imide groups is 1. The topological polar surface area (TPSA) is 92.7 Å². The first-order valence-corrected chi connectivity index (χ1v) is 14.9. The molecule has 0 spiro atoms. The summed E-state index contributed by atoms with van der Waals surface area (Å²) in [6.07, 6.45) is 4.48. The first-order chi connectivity index (χ1) is 18.3. The van der Waals surface area contributed by atoms with E-state index in [1.54, 1.807) is 18.3 Å². The van der Waals surface area contributed by atoms with Crippen molar-refractivity contribution in [2.75, 3.05) is 25.0 Å². The highest BCUT2D eigenvalue weighted by Crippen LogP contribution is 2.39. The van der Waals surface area contributed by atoms with Crippen LogP contribution in [0.5, 0.6) is 0 Å². The second-order valence-electron chi connectivity index (χ2n) is 9.80. The molecule has 0 aromatic carbocycles. The van der Waals surface area contributed by atoms with E-state index in [9.17, 15) is 14.4 Å². The fraction of sp³-hybridized carbons (Fsp3) is 0.464. The molecule has 0 fully saturated rings. The summed E-state index contributed by atoms with van der Waals surface area (Å²) >= 11 is 3.03. The number of aromatic nitrogens is 1. The zero-order valence-electron chi connectivity index (χ0n) is 22.4. The lowest BCUT2D eigenvalue weighted by molar-refractivity contribution is 0.0526. The van der Waals surface area contributed by atoms with E-state index in [1.807, 2.05) is 26.0 Å². The predicted octanol–water partition coefficient (Wildman–Crippen LogP) is 5.61. The Kier molecular flexibility index (Phi) is 7.74. The lowest BCUT2D eigenvalue weighted by Crippen LogP contribution is -2.36. The second-order valence-corrected chi connectivity index (χ2v) is 12.0. The van der Waals surface area contributed by atoms with E-state index in [1.165, 1.54) is 16.2 Å². The van der Waals surface area contributed by atoms with Gasteiger partial charge in [-0.15, -0.1) is 22.7 Å². The predicted molar refractivity (Wildman–Crippen MR) is 151 cm³/mol. The minimum atomic E-state index is -0.642. The van der Waals surface area contributed by atoms with Gasteiger partial charge in [0.1, 0.15) is 10.0 Å². The van der Waals surface area contributed by atoms with Crippen molar-refractivity contribution in [1.82, 2.24) is 14.8 Å². The number of carbonyl (C=O) groups is 3. The van der Waals surface area contributed by atoms with Gasteiger partial charge in [0.15, 0.2) is 0 Å². The van der Waals surface area contributed by atoms with E-state index in [4.69, 9.17) is 4.74 Å². The van der Waals surface area contributed by atoms with Gasteiger partial charge in [0.05, 0.1) is 17.7 Å². The van der Waals surface area contributed by atoms with Crippen LogP contribution in [0.2, 0.25) is 0 Å². The quantitative estimate of drug-likeness (QED) is 0.386. The van der Waals surface area contributed by atoms with Crippen LogP contribution in [-0.4, -0.2) is 47.1 Å². The zero-order chi connectivity index (χ0) is 27.0. The normalized spacial score (nSPS) is 15.1. The zero-order valence-corrected chi connectivity index (χ0v) is 24.0. The van der Waals surface area contributed by atoms with Gasteiger partial charge in [0, 0.05) is 34.2 Å². The number of fused-ring (bicyclic) bond motifs is 2. The van der Waals surface area contributed by atoms with Gasteiger partial charge in [0.25, 0.3) is 5.91 Å². The van der Waals surface area contributed by atoms with Crippen molar-refractivity contribution >= 4 is 45.6 Å². The number of hydrogen-bond donors (Lipinski definition) is 2. The van der Waals surface area contributed by atoms with Gasteiger partial charge in [-0.2, -0.15) is 0 Å². The van der Waals surface area contributed by atoms with Gasteiger partial charge in [-0.05, 0) is 82.7 Å². The Morgan fingerprint density at radius 1 is 0.947 bits per heavy atom. The van der Waals surface area contributed by atoms with E-state index < -0.39 is 17.9 Å². The summed E-state index contributed by atoms with van der Waals surface area (Å²) in [5, 5.41) is 6.67. The van der Waals surface area contributed by atoms with Crippen LogP contribution in [0.15, 0.2) is 12.1 Å². The number of nitrogens with one attached hydrogen (secondary N) is 2. The van der Waals surface area contributed by atoms with E-state index in [0.29, 0.717) is 16.1 Å². The smallest absolute Gasteiger partial charge is 0.341 e. The number of rotatable bonds is 6. The van der Waals surface area contributed by atoms with Crippen molar-refractivity contribution in [2.45, 2.75) is 66.3 Å². The van der Waals surface area contributed by atoms with E-state index in [2.05, 4.69) is 27.0 Å². The number of thiophene rings is 2. The van der Waals surface area contributed by atoms with Gasteiger partial charge >= 0.3 is 12.0 Å². The monoisotopic (exact) mass is 554 g/mol. The number of likely N-dealkylation sites (N-methyl/N-ethyl adjacent to an activating group) is 1. The maximum Gasteiger partial charge on any atom is 0.341 e. The average molecular weight is 555 g/mol. The number of amides is 3. The molecule has 0 unspecified atom stereocenters. The van der Waals surface area contributed by atoms with Crippen molar-refractivity contribution in [3.63, 3.8) is 0 Å². The molecule has 2 N–H and O–H groups in total. The van der Waals surface area contributed by atoms with Crippen molar-refractivity contribution < 1.29 is 19.1 Å². The third-order valence-corrected chi connectivity index (χ3v) is 9.78. The molecule has 0 radical (unpaired) electrons. The SMILES string of the molecule is CCOC(=O)c1c(NC(=O)NC(=O)c2c(-n3c(C)ccc3C)sc3c2CCN(CC)C3)sc2c1CCCC2. The van der Waals surface area contributed by atoms with Crippen molar-refractivity contribution in [2.24, 2.45) is 0 Å². The molecule has 10 heteroatoms. The molecule has 3 amide bonds. The van der Waals surface area contributed by atoms with Crippen molar-refractivity contribution in [1.29, 1.82) is 0 Å². The molecule has 0 saturated heterocycles. The number of esters is 1. The van der Waals surface area contributed by atoms with E-state index in [0.717, 1.165) is 84.1 Å². The molecule has 0 saturated carbocycles. The van der Waals surface area contributed by atoms with Crippen molar-refractivity contribution in [3.05, 3.63) is 55.5 Å². The van der Waals surface area contributed by atoms with Crippen LogP contribution >= 0.6 is 22.7 Å². The Morgan fingerprint density at radius 2 is 1.66 bits per heavy atom. The summed E-state index contributed by atoms with van der Waals surface area (Å²) in [4.78, 5) is 44.3. The first-order valence-electron chi connectivity index (χ1n) is 13.3. The minimum Gasteiger partial charge on any atom is -0.462 e. The van der Waals surface area contributed by atoms with Crippen LogP contribution in [0, 0.1) is 13.8 Å². The van der Waals surface area contributed by atoms with E-state index in [-0.39, 0.29) is 6.61 Å². The summed E-state index contributed by atoms with van der Waals surface area (Å²) < 4.78 is 7.39. The van der Waals surface area contributed by atoms with Crippen LogP contribution in [0.3, 0.4) is 0 Å². The molecule has 202 valence electrons. The third-order valence-electron chi connectivity index (χ3n) is 7.37. The third kappa shape index (κ3) is 4.92. The standard InChI is InChI=1S/C28H34N4O4S2/c1-5-31-14-13-19-21(15-31)38-26(32-16(3)11-12-17(32)4)22(19)24(33)29-28(35)30-25-23(27(34)36-6-2)18-9-7-8-10-20(18)37-25/h11-12H,5-10,13-15H2,1-4H3,(H2,29,30,33,35). The molecule has 1 aliphatic carbocycles. The Balaban J connectivity index is 1.45. The number of ether oxygens (including phenoxy) is 1. The van der Waals surface area contributed by atoms with Crippen LogP contribution in [-0.2, 0) is 30.5 Å². The highest BCUT2D eigenvalue weighted by atomic mass is 32.1. The van der Waals surface area contributed by atoms with Crippen LogP contribution in [0.25, 0.3) is 5.00 Å². The lowest BCUT2D eigenvalue weighted by atomic mass is 9.95. The Bertz CT molecular complexity index is 1380. The maximum atomic E-state index is 13.7. The Labute approximate surface area is 231 Å². The molecule has 3 aromatic rings. The van der Waals surface area contributed by atoms with Gasteiger partial charge in [-0.3, -0.25) is 20.3 Å². The van der Waals surface area contributed by atoms with Crippen LogP contribution in [0.1, 0.15) is 79.7 Å². The molecule has 4 heterocycles. The van der Waals surface area contributed by atoms with Gasteiger partial charge < -0.3 is 9.30 Å². The number of aryl methyl sites for hydroxylation is 3. The summed E-state index contributed by atoms with van der Waals surface area (Å²) in [5.74, 6) is -0.854. The lowest BCUT2D eigenvalue weighted by Gasteiger charge is -2.25. The van der Waals surface area contributed by atoms with Crippen LogP contribution < -0.4 is 10.6 Å². The molecule has 0 atom stereocenters. The first kappa shape index (κ1) is 26.6. The molecular weight excluding hydrogens is 520 g/mol. The van der Waals surface area contributed by atoms with E-state index >= 15 is 0 Å². The van der Waals surface area contributed by atoms with Crippen LogP contribution in [0.4, 0.5) is 9.80 Å². The van der Waals surface area contributed by atoms with Crippen molar-refractivity contribution in [3.8, 4) is 5.00 Å². The molecule has 3 aromatic heterocycles. The molecule has 5 rings (SSSR count). The molecule has 38 heavy (non-hydrogen) atoms. The summed E-state index contributed by atoms with van der Waals surface area (Å²) in [6, 6.07) is 3.43. The molecule has 2 aliphatic rings. The van der Waals surface area contributed by atoms with Gasteiger partial charge in [0.2, 0.25) is 0 Å². The molecule has 8 nitrogen and oxygen atoms in total.